The smallest absolute Gasteiger partial charge is 0.338 e. The minimum absolute atomic E-state index is 0.0227. The van der Waals surface area contributed by atoms with Crippen molar-refractivity contribution in [3.05, 3.63) is 82.7 Å². The highest BCUT2D eigenvalue weighted by Crippen LogP contribution is 2.49. The van der Waals surface area contributed by atoms with Crippen LogP contribution in [0, 0.1) is 11.8 Å². The van der Waals surface area contributed by atoms with Crippen LogP contribution in [0.15, 0.2) is 65.4 Å². The molecule has 210 valence electrons. The van der Waals surface area contributed by atoms with Crippen LogP contribution in [-0.4, -0.2) is 74.5 Å². The Bertz CT molecular complexity index is 1640. The summed E-state index contributed by atoms with van der Waals surface area (Å²) in [5.41, 5.74) is 8.12. The van der Waals surface area contributed by atoms with Gasteiger partial charge >= 0.3 is 5.97 Å². The van der Waals surface area contributed by atoms with Crippen LogP contribution in [-0.2, 0) is 20.9 Å². The number of carbonyl (C=O) groups excluding carboxylic acids is 3. The summed E-state index contributed by atoms with van der Waals surface area (Å²) in [7, 11) is 0. The van der Waals surface area contributed by atoms with E-state index in [0.717, 1.165) is 5.39 Å². The van der Waals surface area contributed by atoms with E-state index in [9.17, 15) is 24.6 Å². The lowest BCUT2D eigenvalue weighted by molar-refractivity contribution is -0.191. The van der Waals surface area contributed by atoms with E-state index < -0.39 is 23.4 Å². The second-order valence-corrected chi connectivity index (χ2v) is 10.3. The number of esters is 1. The molecule has 2 unspecified atom stereocenters. The molecule has 2 aromatic carbocycles. The van der Waals surface area contributed by atoms with Crippen molar-refractivity contribution in [2.75, 3.05) is 19.8 Å². The second kappa shape index (κ2) is 10.1. The van der Waals surface area contributed by atoms with Crippen LogP contribution in [0.25, 0.3) is 16.6 Å². The number of amides is 2. The Morgan fingerprint density at radius 1 is 1.22 bits per heavy atom. The molecule has 6 rings (SSSR count). The molecule has 11 nitrogen and oxygen atoms in total. The molecule has 4 heterocycles. The van der Waals surface area contributed by atoms with Crippen molar-refractivity contribution in [2.45, 2.75) is 25.5 Å². The largest absolute Gasteiger partial charge is 0.463 e. The number of aromatic nitrogens is 1. The number of hydrogen-bond acceptors (Lipinski definition) is 9. The van der Waals surface area contributed by atoms with Crippen molar-refractivity contribution in [3.63, 3.8) is 0 Å². The number of aliphatic hydroxyl groups is 2. The molecule has 0 spiro atoms. The van der Waals surface area contributed by atoms with Gasteiger partial charge in [-0.1, -0.05) is 43.3 Å². The van der Waals surface area contributed by atoms with Crippen molar-refractivity contribution in [3.8, 4) is 0 Å². The Hall–Kier alpha value is -4.61. The quantitative estimate of drug-likeness (QED) is 0.235. The predicted molar refractivity (Wildman–Crippen MR) is 149 cm³/mol. The molecule has 11 heteroatoms. The minimum Gasteiger partial charge on any atom is -0.463 e. The Morgan fingerprint density at radius 2 is 1.95 bits per heavy atom. The maximum atomic E-state index is 13.8. The third-order valence-electron chi connectivity index (χ3n) is 8.14. The fourth-order valence-corrected chi connectivity index (χ4v) is 6.04. The monoisotopic (exact) mass is 555 g/mol. The summed E-state index contributed by atoms with van der Waals surface area (Å²) in [6.07, 6.45) is 1.57. The first-order valence-corrected chi connectivity index (χ1v) is 13.4. The predicted octanol–water partition coefficient (Wildman–Crippen LogP) is 1.62. The van der Waals surface area contributed by atoms with Gasteiger partial charge in [-0.25, -0.2) is 14.8 Å². The maximum absolute atomic E-state index is 13.8. The summed E-state index contributed by atoms with van der Waals surface area (Å²) in [5, 5.41) is 27.4. The van der Waals surface area contributed by atoms with Gasteiger partial charge in [-0.05, 0) is 24.6 Å². The molecular weight excluding hydrogens is 526 g/mol. The van der Waals surface area contributed by atoms with Crippen LogP contribution in [0.5, 0.6) is 0 Å². The fraction of sp³-hybridized carbons (Fsp3) is 0.300. The van der Waals surface area contributed by atoms with E-state index in [0.29, 0.717) is 33.6 Å². The highest BCUT2D eigenvalue weighted by Gasteiger charge is 2.59. The number of hydrazone groups is 1. The molecule has 4 N–H and O–H groups in total. The van der Waals surface area contributed by atoms with Gasteiger partial charge in [-0.15, -0.1) is 0 Å². The zero-order chi connectivity index (χ0) is 28.9. The lowest BCUT2D eigenvalue weighted by Crippen LogP contribution is -2.61. The van der Waals surface area contributed by atoms with E-state index in [1.807, 2.05) is 24.3 Å². The molecule has 1 saturated heterocycles. The molecule has 0 radical (unpaired) electrons. The van der Waals surface area contributed by atoms with Gasteiger partial charge in [0.05, 0.1) is 54.7 Å². The zero-order valence-corrected chi connectivity index (χ0v) is 22.4. The number of hydrogen-bond donors (Lipinski definition) is 3. The van der Waals surface area contributed by atoms with Gasteiger partial charge in [0.15, 0.2) is 5.60 Å². The maximum Gasteiger partial charge on any atom is 0.338 e. The summed E-state index contributed by atoms with van der Waals surface area (Å²) in [5.74, 6) is -3.27. The summed E-state index contributed by atoms with van der Waals surface area (Å²) in [4.78, 5) is 45.9. The number of nitrogens with two attached hydrogens (primary N) is 1. The van der Waals surface area contributed by atoms with Crippen molar-refractivity contribution in [2.24, 2.45) is 22.7 Å². The van der Waals surface area contributed by atoms with Gasteiger partial charge in [0.2, 0.25) is 5.91 Å². The minimum atomic E-state index is -1.94. The molecule has 1 aromatic heterocycles. The summed E-state index contributed by atoms with van der Waals surface area (Å²) >= 11 is 0. The Balaban J connectivity index is 1.50. The number of carbonyl (C=O) groups is 3. The average Bonchev–Trinajstić information content (AvgIpc) is 3.38. The number of para-hydroxylation sites is 1. The lowest BCUT2D eigenvalue weighted by atomic mass is 9.70. The first kappa shape index (κ1) is 26.6. The number of rotatable bonds is 6. The molecule has 3 aliphatic heterocycles. The third kappa shape index (κ3) is 4.08. The van der Waals surface area contributed by atoms with Gasteiger partial charge in [0, 0.05) is 27.8 Å². The van der Waals surface area contributed by atoms with E-state index in [-0.39, 0.29) is 50.2 Å². The van der Waals surface area contributed by atoms with Crippen molar-refractivity contribution >= 4 is 40.6 Å². The van der Waals surface area contributed by atoms with Gasteiger partial charge in [0.1, 0.15) is 6.61 Å². The molecule has 3 atom stereocenters. The van der Waals surface area contributed by atoms with Crippen LogP contribution in [0.2, 0.25) is 0 Å². The van der Waals surface area contributed by atoms with E-state index in [4.69, 9.17) is 15.5 Å². The van der Waals surface area contributed by atoms with Crippen LogP contribution in [0.1, 0.15) is 40.5 Å². The highest BCUT2D eigenvalue weighted by molar-refractivity contribution is 6.05. The molecule has 0 aliphatic carbocycles. The first-order chi connectivity index (χ1) is 19.8. The second-order valence-electron chi connectivity index (χ2n) is 10.3. The number of pyridine rings is 1. The molecule has 2 amide bonds. The van der Waals surface area contributed by atoms with Gasteiger partial charge in [-0.2, -0.15) is 5.10 Å². The summed E-state index contributed by atoms with van der Waals surface area (Å²) in [6.45, 7) is 1.30. The van der Waals surface area contributed by atoms with Gasteiger partial charge in [-0.3, -0.25) is 9.59 Å². The highest BCUT2D eigenvalue weighted by atomic mass is 16.6. The standard InChI is InChI=1S/C30H29N5O6/c1-2-30(40)23-21(16-41-29(30)39)28(38)34-15-20-19(14-32-35(12-13-36)27(37)17-8-4-3-5-9-17)18-10-6-7-11-22(18)33-25(20)26(34)24(23)31/h3-11,14,21,23,36,40H,2,12-13,15-16,31H2,1H3/b32-14+/t21?,23?,30-/m0/s1. The zero-order valence-electron chi connectivity index (χ0n) is 22.4. The fourth-order valence-electron chi connectivity index (χ4n) is 6.04. The SMILES string of the molecule is CC[C@@]1(O)C(=O)OCC2C(=O)N3Cc4c(nc5ccccc5c4/C=N/N(CCO)C(=O)c4ccccc4)C3=C(N)C21. The van der Waals surface area contributed by atoms with Crippen LogP contribution in [0.4, 0.5) is 0 Å². The van der Waals surface area contributed by atoms with Crippen molar-refractivity contribution in [1.82, 2.24) is 14.9 Å². The van der Waals surface area contributed by atoms with Gasteiger partial charge in [0.25, 0.3) is 5.91 Å². The molecule has 3 aliphatic rings. The first-order valence-electron chi connectivity index (χ1n) is 13.4. The number of benzene rings is 2. The summed E-state index contributed by atoms with van der Waals surface area (Å²) in [6, 6.07) is 16.0. The van der Waals surface area contributed by atoms with Crippen LogP contribution in [0.3, 0.4) is 0 Å². The summed E-state index contributed by atoms with van der Waals surface area (Å²) < 4.78 is 5.22. The number of fused-ring (bicyclic) bond motifs is 5. The Morgan fingerprint density at radius 3 is 2.68 bits per heavy atom. The van der Waals surface area contributed by atoms with Crippen LogP contribution < -0.4 is 5.73 Å². The third-order valence-corrected chi connectivity index (χ3v) is 8.14. The molecule has 41 heavy (non-hydrogen) atoms. The molecule has 0 bridgehead atoms. The van der Waals surface area contributed by atoms with Crippen molar-refractivity contribution < 1.29 is 29.3 Å². The average molecular weight is 556 g/mol. The number of aliphatic hydroxyl groups excluding tert-OH is 1. The van der Waals surface area contributed by atoms with E-state index in [1.165, 1.54) is 9.91 Å². The molecule has 3 aromatic rings. The van der Waals surface area contributed by atoms with E-state index >= 15 is 0 Å². The number of ether oxygens (including phenoxy) is 1. The topological polar surface area (TPSA) is 159 Å². The van der Waals surface area contributed by atoms with E-state index in [2.05, 4.69) is 5.10 Å². The normalized spacial score (nSPS) is 23.4. The number of nitrogens with zero attached hydrogens (tertiary/aromatic N) is 4. The van der Waals surface area contributed by atoms with Crippen molar-refractivity contribution in [1.29, 1.82) is 0 Å². The molecule has 1 fully saturated rings. The Kier molecular flexibility index (Phi) is 6.55. The number of cyclic esters (lactones) is 1. The van der Waals surface area contributed by atoms with Gasteiger partial charge < -0.3 is 25.6 Å². The Labute approximate surface area is 235 Å². The molecule has 0 saturated carbocycles. The molecular formula is C30H29N5O6. The van der Waals surface area contributed by atoms with E-state index in [1.54, 1.807) is 43.5 Å². The lowest BCUT2D eigenvalue weighted by Gasteiger charge is -2.46. The van der Waals surface area contributed by atoms with Crippen LogP contribution >= 0.6 is 0 Å².